The van der Waals surface area contributed by atoms with Crippen molar-refractivity contribution in [3.05, 3.63) is 59.5 Å². The van der Waals surface area contributed by atoms with Gasteiger partial charge in [0.15, 0.2) is 0 Å². The van der Waals surface area contributed by atoms with E-state index in [0.29, 0.717) is 31.7 Å². The van der Waals surface area contributed by atoms with Crippen LogP contribution in [0.4, 0.5) is 10.2 Å². The number of aromatic nitrogens is 1. The third-order valence-corrected chi connectivity index (χ3v) is 6.56. The number of nitrogens with one attached hydrogen (secondary N) is 1. The van der Waals surface area contributed by atoms with Gasteiger partial charge in [0.25, 0.3) is 5.91 Å². The zero-order valence-electron chi connectivity index (χ0n) is 15.6. The molecule has 0 aliphatic carbocycles. The molecule has 0 radical (unpaired) electrons. The van der Waals surface area contributed by atoms with Gasteiger partial charge in [0.1, 0.15) is 11.6 Å². The number of carbonyl (C=O) groups is 1. The smallest absolute Gasteiger partial charge is 0.251 e. The molecule has 0 unspecified atom stereocenters. The molecule has 28 heavy (non-hydrogen) atoms. The van der Waals surface area contributed by atoms with Crippen molar-refractivity contribution in [2.24, 2.45) is 0 Å². The summed E-state index contributed by atoms with van der Waals surface area (Å²) in [5, 5.41) is 2.54. The predicted octanol–water partition coefficient (Wildman–Crippen LogP) is 1.41. The number of aryl methyl sites for hydroxylation is 1. The number of rotatable bonds is 6. The molecule has 1 N–H and O–H groups in total. The Bertz CT molecular complexity index is 929. The second-order valence-corrected chi connectivity index (χ2v) is 8.70. The van der Waals surface area contributed by atoms with Gasteiger partial charge in [-0.3, -0.25) is 4.79 Å². The maximum absolute atomic E-state index is 13.6. The summed E-state index contributed by atoms with van der Waals surface area (Å²) in [6.45, 7) is 3.44. The van der Waals surface area contributed by atoms with Crippen LogP contribution in [0, 0.1) is 12.7 Å². The third-order valence-electron chi connectivity index (χ3n) is 4.68. The Balaban J connectivity index is 1.49. The van der Waals surface area contributed by atoms with Crippen LogP contribution >= 0.6 is 0 Å². The highest BCUT2D eigenvalue weighted by Crippen LogP contribution is 2.15. The van der Waals surface area contributed by atoms with Gasteiger partial charge in [-0.25, -0.2) is 17.8 Å². The average Bonchev–Trinajstić information content (AvgIpc) is 2.70. The zero-order valence-corrected chi connectivity index (χ0v) is 16.5. The van der Waals surface area contributed by atoms with Gasteiger partial charge in [0, 0.05) is 44.5 Å². The highest BCUT2D eigenvalue weighted by Gasteiger charge is 2.27. The van der Waals surface area contributed by atoms with Crippen LogP contribution in [0.1, 0.15) is 15.9 Å². The number of hydrogen-bond donors (Lipinski definition) is 1. The van der Waals surface area contributed by atoms with E-state index in [2.05, 4.69) is 10.3 Å². The quantitative estimate of drug-likeness (QED) is 0.784. The Labute approximate surface area is 164 Å². The molecule has 2 heterocycles. The lowest BCUT2D eigenvalue weighted by Gasteiger charge is -2.34. The second kappa shape index (κ2) is 8.66. The molecule has 1 aromatic carbocycles. The number of sulfonamides is 1. The van der Waals surface area contributed by atoms with E-state index in [1.54, 1.807) is 13.1 Å². The van der Waals surface area contributed by atoms with E-state index in [1.807, 2.05) is 23.1 Å². The summed E-state index contributed by atoms with van der Waals surface area (Å²) in [6.07, 6.45) is 1.71. The molecule has 1 aliphatic rings. The largest absolute Gasteiger partial charge is 0.354 e. The summed E-state index contributed by atoms with van der Waals surface area (Å²) in [5.74, 6) is -0.325. The molecule has 2 aromatic rings. The van der Waals surface area contributed by atoms with Gasteiger partial charge in [-0.05, 0) is 36.8 Å². The number of halogens is 1. The van der Waals surface area contributed by atoms with Crippen molar-refractivity contribution in [3.63, 3.8) is 0 Å². The third kappa shape index (κ3) is 4.85. The summed E-state index contributed by atoms with van der Waals surface area (Å²) >= 11 is 0. The minimum Gasteiger partial charge on any atom is -0.354 e. The summed E-state index contributed by atoms with van der Waals surface area (Å²) in [4.78, 5) is 18.4. The number of carbonyl (C=O) groups excluding carboxylic acids is 1. The number of amides is 1. The van der Waals surface area contributed by atoms with Crippen molar-refractivity contribution in [1.82, 2.24) is 14.6 Å². The Kier molecular flexibility index (Phi) is 6.25. The molecule has 150 valence electrons. The van der Waals surface area contributed by atoms with Gasteiger partial charge in [0.2, 0.25) is 10.0 Å². The first-order valence-electron chi connectivity index (χ1n) is 9.05. The molecule has 3 rings (SSSR count). The normalized spacial score (nSPS) is 15.4. The lowest BCUT2D eigenvalue weighted by molar-refractivity contribution is 0.0955. The van der Waals surface area contributed by atoms with E-state index in [9.17, 15) is 17.6 Å². The Hall–Kier alpha value is -2.52. The molecule has 1 aliphatic heterocycles. The summed E-state index contributed by atoms with van der Waals surface area (Å²) < 4.78 is 40.0. The number of pyridine rings is 1. The van der Waals surface area contributed by atoms with Crippen molar-refractivity contribution in [2.75, 3.05) is 43.4 Å². The van der Waals surface area contributed by atoms with E-state index in [0.717, 1.165) is 11.9 Å². The lowest BCUT2D eigenvalue weighted by atomic mass is 10.1. The summed E-state index contributed by atoms with van der Waals surface area (Å²) in [5.41, 5.74) is 0.619. The maximum atomic E-state index is 13.6. The first-order chi connectivity index (χ1) is 13.4. The molecule has 1 saturated heterocycles. The summed E-state index contributed by atoms with van der Waals surface area (Å²) in [7, 11) is -3.48. The molecule has 9 heteroatoms. The first-order valence-corrected chi connectivity index (χ1v) is 10.7. The predicted molar refractivity (Wildman–Crippen MR) is 105 cm³/mol. The van der Waals surface area contributed by atoms with Gasteiger partial charge in [-0.2, -0.15) is 4.31 Å². The molecule has 7 nitrogen and oxygen atoms in total. The monoisotopic (exact) mass is 406 g/mol. The highest BCUT2D eigenvalue weighted by molar-refractivity contribution is 7.89. The number of piperazine rings is 1. The van der Waals surface area contributed by atoms with Crippen LogP contribution in [-0.4, -0.2) is 62.1 Å². The topological polar surface area (TPSA) is 82.6 Å². The Morgan fingerprint density at radius 2 is 1.93 bits per heavy atom. The van der Waals surface area contributed by atoms with E-state index in [1.165, 1.54) is 16.4 Å². The zero-order chi connectivity index (χ0) is 20.1. The van der Waals surface area contributed by atoms with Gasteiger partial charge in [-0.15, -0.1) is 0 Å². The number of hydrogen-bond acceptors (Lipinski definition) is 5. The fourth-order valence-electron chi connectivity index (χ4n) is 2.99. The summed E-state index contributed by atoms with van der Waals surface area (Å²) in [6, 6.07) is 9.81. The van der Waals surface area contributed by atoms with E-state index in [-0.39, 0.29) is 17.9 Å². The van der Waals surface area contributed by atoms with Gasteiger partial charge in [0.05, 0.1) is 5.75 Å². The standard InChI is InChI=1S/C19H23FN4O3S/c1-15-5-6-16(14-17(15)20)19(25)22-8-13-28(26,27)24-11-9-23(10-12-24)18-4-2-3-7-21-18/h2-7,14H,8-13H2,1H3,(H,22,25). The number of anilines is 1. The minimum absolute atomic E-state index is 0.0306. The van der Waals surface area contributed by atoms with Crippen LogP contribution in [0.3, 0.4) is 0 Å². The van der Waals surface area contributed by atoms with E-state index < -0.39 is 21.7 Å². The van der Waals surface area contributed by atoms with E-state index in [4.69, 9.17) is 0 Å². The number of nitrogens with zero attached hydrogens (tertiary/aromatic N) is 3. The molecular weight excluding hydrogens is 383 g/mol. The van der Waals surface area contributed by atoms with Crippen molar-refractivity contribution < 1.29 is 17.6 Å². The second-order valence-electron chi connectivity index (χ2n) is 6.61. The molecular formula is C19H23FN4O3S. The lowest BCUT2D eigenvalue weighted by Crippen LogP contribution is -2.50. The Morgan fingerprint density at radius 1 is 1.18 bits per heavy atom. The molecule has 0 saturated carbocycles. The fraction of sp³-hybridized carbons (Fsp3) is 0.368. The molecule has 1 fully saturated rings. The van der Waals surface area contributed by atoms with Crippen molar-refractivity contribution in [1.29, 1.82) is 0 Å². The van der Waals surface area contributed by atoms with Crippen LogP contribution in [0.25, 0.3) is 0 Å². The minimum atomic E-state index is -3.48. The number of benzene rings is 1. The molecule has 0 bridgehead atoms. The van der Waals surface area contributed by atoms with Crippen LogP contribution in [0.2, 0.25) is 0 Å². The van der Waals surface area contributed by atoms with E-state index >= 15 is 0 Å². The maximum Gasteiger partial charge on any atom is 0.251 e. The molecule has 1 amide bonds. The molecule has 0 atom stereocenters. The van der Waals surface area contributed by atoms with Crippen LogP contribution in [0.5, 0.6) is 0 Å². The van der Waals surface area contributed by atoms with Crippen LogP contribution in [-0.2, 0) is 10.0 Å². The Morgan fingerprint density at radius 3 is 2.57 bits per heavy atom. The molecule has 1 aromatic heterocycles. The molecule has 0 spiro atoms. The SMILES string of the molecule is Cc1ccc(C(=O)NCCS(=O)(=O)N2CCN(c3ccccn3)CC2)cc1F. The van der Waals surface area contributed by atoms with Gasteiger partial charge >= 0.3 is 0 Å². The van der Waals surface area contributed by atoms with Crippen LogP contribution < -0.4 is 10.2 Å². The van der Waals surface area contributed by atoms with Crippen molar-refractivity contribution in [2.45, 2.75) is 6.92 Å². The van der Waals surface area contributed by atoms with Crippen LogP contribution in [0.15, 0.2) is 42.6 Å². The van der Waals surface area contributed by atoms with Crippen molar-refractivity contribution in [3.8, 4) is 0 Å². The first kappa shape index (κ1) is 20.2. The fourth-order valence-corrected chi connectivity index (χ4v) is 4.33. The van der Waals surface area contributed by atoms with Gasteiger partial charge < -0.3 is 10.2 Å². The average molecular weight is 406 g/mol. The van der Waals surface area contributed by atoms with Gasteiger partial charge in [-0.1, -0.05) is 12.1 Å². The highest BCUT2D eigenvalue weighted by atomic mass is 32.2. The van der Waals surface area contributed by atoms with Crippen molar-refractivity contribution >= 4 is 21.7 Å².